The predicted molar refractivity (Wildman–Crippen MR) is 61.0 cm³/mol. The standard InChI is InChI=1S/C12H17NO3/c1-13-11(12(14)15-2)9-16-8-10-6-4-3-5-7-10/h3-7,11,13H,8-9H2,1-2H3/t11-/m1/s1. The number of hydrogen-bond donors (Lipinski definition) is 1. The van der Waals surface area contributed by atoms with Crippen molar-refractivity contribution in [2.75, 3.05) is 20.8 Å². The summed E-state index contributed by atoms with van der Waals surface area (Å²) in [5.41, 5.74) is 1.09. The van der Waals surface area contributed by atoms with Gasteiger partial charge in [0.2, 0.25) is 0 Å². The maximum Gasteiger partial charge on any atom is 0.325 e. The van der Waals surface area contributed by atoms with Crippen LogP contribution in [0.2, 0.25) is 0 Å². The van der Waals surface area contributed by atoms with Crippen LogP contribution in [0.25, 0.3) is 0 Å². The van der Waals surface area contributed by atoms with Crippen LogP contribution in [0.4, 0.5) is 0 Å². The summed E-state index contributed by atoms with van der Waals surface area (Å²) in [6, 6.07) is 9.41. The Labute approximate surface area is 95.6 Å². The zero-order valence-corrected chi connectivity index (χ0v) is 9.60. The van der Waals surface area contributed by atoms with Gasteiger partial charge in [-0.2, -0.15) is 0 Å². The van der Waals surface area contributed by atoms with Crippen LogP contribution in [-0.4, -0.2) is 32.8 Å². The number of rotatable bonds is 6. The zero-order valence-electron chi connectivity index (χ0n) is 9.60. The number of carbonyl (C=O) groups excluding carboxylic acids is 1. The molecule has 0 aromatic heterocycles. The summed E-state index contributed by atoms with van der Waals surface area (Å²) in [7, 11) is 3.07. The molecule has 0 aliphatic heterocycles. The fourth-order valence-electron chi connectivity index (χ4n) is 1.28. The van der Waals surface area contributed by atoms with Crippen LogP contribution in [0.5, 0.6) is 0 Å². The molecule has 0 heterocycles. The lowest BCUT2D eigenvalue weighted by Gasteiger charge is -2.13. The van der Waals surface area contributed by atoms with E-state index < -0.39 is 6.04 Å². The van der Waals surface area contributed by atoms with Gasteiger partial charge in [0.25, 0.3) is 0 Å². The second kappa shape index (κ2) is 6.98. The van der Waals surface area contributed by atoms with Crippen LogP contribution in [0.15, 0.2) is 30.3 Å². The number of likely N-dealkylation sites (N-methyl/N-ethyl adjacent to an activating group) is 1. The Kier molecular flexibility index (Phi) is 5.53. The lowest BCUT2D eigenvalue weighted by molar-refractivity contribution is -0.144. The summed E-state index contributed by atoms with van der Waals surface area (Å²) in [6.45, 7) is 0.800. The summed E-state index contributed by atoms with van der Waals surface area (Å²) in [6.07, 6.45) is 0. The normalized spacial score (nSPS) is 12.1. The van der Waals surface area contributed by atoms with Crippen LogP contribution >= 0.6 is 0 Å². The first-order chi connectivity index (χ1) is 7.77. The van der Waals surface area contributed by atoms with E-state index in [9.17, 15) is 4.79 Å². The van der Waals surface area contributed by atoms with Crippen molar-refractivity contribution in [3.05, 3.63) is 35.9 Å². The third-order valence-corrected chi connectivity index (χ3v) is 2.23. The summed E-state index contributed by atoms with van der Waals surface area (Å²) >= 11 is 0. The van der Waals surface area contributed by atoms with Gasteiger partial charge in [-0.05, 0) is 12.6 Å². The molecule has 0 unspecified atom stereocenters. The van der Waals surface area contributed by atoms with Gasteiger partial charge in [0.15, 0.2) is 0 Å². The van der Waals surface area contributed by atoms with Crippen molar-refractivity contribution in [3.63, 3.8) is 0 Å². The topological polar surface area (TPSA) is 47.6 Å². The molecule has 1 rings (SSSR count). The summed E-state index contributed by atoms with van der Waals surface area (Å²) in [5.74, 6) is -0.310. The minimum atomic E-state index is -0.409. The smallest absolute Gasteiger partial charge is 0.325 e. The van der Waals surface area contributed by atoms with E-state index >= 15 is 0 Å². The van der Waals surface area contributed by atoms with Crippen molar-refractivity contribution >= 4 is 5.97 Å². The first-order valence-corrected chi connectivity index (χ1v) is 5.14. The minimum Gasteiger partial charge on any atom is -0.468 e. The van der Waals surface area contributed by atoms with E-state index in [2.05, 4.69) is 10.1 Å². The number of methoxy groups -OCH3 is 1. The first kappa shape index (κ1) is 12.7. The third kappa shape index (κ3) is 4.00. The van der Waals surface area contributed by atoms with E-state index in [-0.39, 0.29) is 5.97 Å². The number of esters is 1. The van der Waals surface area contributed by atoms with Crippen molar-refractivity contribution in [1.82, 2.24) is 5.32 Å². The molecule has 0 bridgehead atoms. The van der Waals surface area contributed by atoms with Gasteiger partial charge in [0.05, 0.1) is 20.3 Å². The molecular weight excluding hydrogens is 206 g/mol. The predicted octanol–water partition coefficient (Wildman–Crippen LogP) is 0.964. The zero-order chi connectivity index (χ0) is 11.8. The molecule has 0 saturated carbocycles. The summed E-state index contributed by atoms with van der Waals surface area (Å²) < 4.78 is 10.1. The first-order valence-electron chi connectivity index (χ1n) is 5.14. The second-order valence-corrected chi connectivity index (χ2v) is 3.37. The van der Waals surface area contributed by atoms with Crippen molar-refractivity contribution in [2.24, 2.45) is 0 Å². The molecule has 4 heteroatoms. The molecule has 0 fully saturated rings. The van der Waals surface area contributed by atoms with Crippen molar-refractivity contribution in [3.8, 4) is 0 Å². The number of hydrogen-bond acceptors (Lipinski definition) is 4. The van der Waals surface area contributed by atoms with E-state index in [4.69, 9.17) is 4.74 Å². The van der Waals surface area contributed by atoms with E-state index in [0.717, 1.165) is 5.56 Å². The van der Waals surface area contributed by atoms with Crippen LogP contribution < -0.4 is 5.32 Å². The average molecular weight is 223 g/mol. The van der Waals surface area contributed by atoms with Crippen molar-refractivity contribution in [2.45, 2.75) is 12.6 Å². The Morgan fingerprint density at radius 1 is 1.38 bits per heavy atom. The fourth-order valence-corrected chi connectivity index (χ4v) is 1.28. The molecule has 1 N–H and O–H groups in total. The molecule has 0 aliphatic rings. The molecule has 4 nitrogen and oxygen atoms in total. The Hall–Kier alpha value is -1.39. The highest BCUT2D eigenvalue weighted by Gasteiger charge is 2.16. The lowest BCUT2D eigenvalue weighted by Crippen LogP contribution is -2.39. The van der Waals surface area contributed by atoms with Gasteiger partial charge >= 0.3 is 5.97 Å². The Morgan fingerprint density at radius 2 is 2.06 bits per heavy atom. The highest BCUT2D eigenvalue weighted by Crippen LogP contribution is 2.01. The minimum absolute atomic E-state index is 0.304. The highest BCUT2D eigenvalue weighted by molar-refractivity contribution is 5.75. The van der Waals surface area contributed by atoms with Crippen LogP contribution in [0.1, 0.15) is 5.56 Å². The molecule has 0 aliphatic carbocycles. The van der Waals surface area contributed by atoms with Gasteiger partial charge in [-0.3, -0.25) is 4.79 Å². The van der Waals surface area contributed by atoms with Crippen LogP contribution in [0, 0.1) is 0 Å². The van der Waals surface area contributed by atoms with E-state index in [1.54, 1.807) is 7.05 Å². The molecule has 0 amide bonds. The molecule has 0 radical (unpaired) electrons. The van der Waals surface area contributed by atoms with E-state index in [1.165, 1.54) is 7.11 Å². The Morgan fingerprint density at radius 3 is 2.62 bits per heavy atom. The van der Waals surface area contributed by atoms with E-state index in [0.29, 0.717) is 13.2 Å². The maximum absolute atomic E-state index is 11.2. The molecular formula is C12H17NO3. The molecule has 0 spiro atoms. The van der Waals surface area contributed by atoms with Gasteiger partial charge in [0.1, 0.15) is 6.04 Å². The van der Waals surface area contributed by atoms with Crippen LogP contribution in [0.3, 0.4) is 0 Å². The molecule has 1 atom stereocenters. The molecule has 1 aromatic carbocycles. The van der Waals surface area contributed by atoms with Crippen molar-refractivity contribution in [1.29, 1.82) is 0 Å². The second-order valence-electron chi connectivity index (χ2n) is 3.37. The molecule has 88 valence electrons. The van der Waals surface area contributed by atoms with E-state index in [1.807, 2.05) is 30.3 Å². The third-order valence-electron chi connectivity index (χ3n) is 2.23. The van der Waals surface area contributed by atoms with Gasteiger partial charge < -0.3 is 14.8 Å². The molecule has 0 saturated heterocycles. The lowest BCUT2D eigenvalue weighted by atomic mass is 10.2. The number of benzene rings is 1. The molecule has 1 aromatic rings. The summed E-state index contributed by atoms with van der Waals surface area (Å²) in [5, 5.41) is 2.84. The van der Waals surface area contributed by atoms with Gasteiger partial charge in [-0.1, -0.05) is 30.3 Å². The Bertz CT molecular complexity index is 313. The van der Waals surface area contributed by atoms with Gasteiger partial charge in [0, 0.05) is 0 Å². The Balaban J connectivity index is 2.31. The average Bonchev–Trinajstić information content (AvgIpc) is 2.35. The molecule has 16 heavy (non-hydrogen) atoms. The quantitative estimate of drug-likeness (QED) is 0.730. The fraction of sp³-hybridized carbons (Fsp3) is 0.417. The van der Waals surface area contributed by atoms with Gasteiger partial charge in [-0.15, -0.1) is 0 Å². The monoisotopic (exact) mass is 223 g/mol. The maximum atomic E-state index is 11.2. The van der Waals surface area contributed by atoms with Crippen molar-refractivity contribution < 1.29 is 14.3 Å². The number of ether oxygens (including phenoxy) is 2. The largest absolute Gasteiger partial charge is 0.468 e. The number of nitrogens with one attached hydrogen (secondary N) is 1. The summed E-state index contributed by atoms with van der Waals surface area (Å²) in [4.78, 5) is 11.2. The number of carbonyl (C=O) groups is 1. The van der Waals surface area contributed by atoms with Gasteiger partial charge in [-0.25, -0.2) is 0 Å². The van der Waals surface area contributed by atoms with Crippen LogP contribution in [-0.2, 0) is 20.9 Å². The highest BCUT2D eigenvalue weighted by atomic mass is 16.5. The SMILES string of the molecule is CN[C@H](COCc1ccccc1)C(=O)OC.